The van der Waals surface area contributed by atoms with Gasteiger partial charge in [0.25, 0.3) is 5.56 Å². The van der Waals surface area contributed by atoms with Crippen LogP contribution in [0.5, 0.6) is 0 Å². The van der Waals surface area contributed by atoms with Gasteiger partial charge in [0.05, 0.1) is 31.1 Å². The monoisotopic (exact) mass is 260 g/mol. The van der Waals surface area contributed by atoms with E-state index in [1.54, 1.807) is 29.2 Å². The van der Waals surface area contributed by atoms with Gasteiger partial charge in [0, 0.05) is 19.3 Å². The van der Waals surface area contributed by atoms with Crippen LogP contribution in [0, 0.1) is 0 Å². The molecule has 1 aliphatic rings. The zero-order chi connectivity index (χ0) is 13.2. The van der Waals surface area contributed by atoms with Gasteiger partial charge in [0.2, 0.25) is 0 Å². The van der Waals surface area contributed by atoms with Crippen LogP contribution < -0.4 is 5.56 Å². The molecule has 0 aliphatic carbocycles. The molecule has 2 aromatic heterocycles. The Kier molecular flexibility index (Phi) is 3.27. The van der Waals surface area contributed by atoms with E-state index in [-0.39, 0.29) is 11.7 Å². The second kappa shape index (κ2) is 5.07. The number of pyridine rings is 1. The van der Waals surface area contributed by atoms with Crippen molar-refractivity contribution in [3.8, 4) is 0 Å². The van der Waals surface area contributed by atoms with Crippen molar-refractivity contribution >= 4 is 11.0 Å². The van der Waals surface area contributed by atoms with Crippen LogP contribution in [-0.4, -0.2) is 52.3 Å². The third-order valence-electron chi connectivity index (χ3n) is 3.33. The maximum absolute atomic E-state index is 12.3. The molecule has 0 radical (unpaired) electrons. The SMILES string of the molecule is CN1CCO[C@@H](Cn2cnc3cccnc3c2=O)C1. The van der Waals surface area contributed by atoms with Gasteiger partial charge < -0.3 is 9.64 Å². The average Bonchev–Trinajstić information content (AvgIpc) is 2.42. The summed E-state index contributed by atoms with van der Waals surface area (Å²) in [5.41, 5.74) is 0.932. The number of hydrogen-bond acceptors (Lipinski definition) is 5. The molecule has 0 unspecified atom stereocenters. The van der Waals surface area contributed by atoms with Crippen LogP contribution in [0.4, 0.5) is 0 Å². The first-order chi connectivity index (χ1) is 9.24. The predicted molar refractivity (Wildman–Crippen MR) is 71.0 cm³/mol. The van der Waals surface area contributed by atoms with Crippen molar-refractivity contribution in [2.75, 3.05) is 26.7 Å². The molecule has 3 heterocycles. The zero-order valence-electron chi connectivity index (χ0n) is 10.8. The van der Waals surface area contributed by atoms with Gasteiger partial charge in [0.15, 0.2) is 5.52 Å². The van der Waals surface area contributed by atoms with E-state index < -0.39 is 0 Å². The standard InChI is InChI=1S/C13H16N4O2/c1-16-5-6-19-10(7-16)8-17-9-15-11-3-2-4-14-12(11)13(17)18/h2-4,9-10H,5-8H2,1H3/t10-/m1/s1. The van der Waals surface area contributed by atoms with E-state index in [9.17, 15) is 4.79 Å². The summed E-state index contributed by atoms with van der Waals surface area (Å²) in [7, 11) is 2.05. The summed E-state index contributed by atoms with van der Waals surface area (Å²) in [5, 5.41) is 0. The van der Waals surface area contributed by atoms with Gasteiger partial charge in [-0.3, -0.25) is 9.36 Å². The lowest BCUT2D eigenvalue weighted by atomic mass is 10.2. The topological polar surface area (TPSA) is 60.2 Å². The van der Waals surface area contributed by atoms with Gasteiger partial charge in [-0.25, -0.2) is 9.97 Å². The van der Waals surface area contributed by atoms with Gasteiger partial charge in [-0.2, -0.15) is 0 Å². The third-order valence-corrected chi connectivity index (χ3v) is 3.33. The first-order valence-electron chi connectivity index (χ1n) is 6.34. The first-order valence-corrected chi connectivity index (χ1v) is 6.34. The molecule has 100 valence electrons. The molecule has 6 nitrogen and oxygen atoms in total. The van der Waals surface area contributed by atoms with Crippen molar-refractivity contribution < 1.29 is 4.74 Å². The molecule has 1 atom stereocenters. The fourth-order valence-corrected chi connectivity index (χ4v) is 2.31. The molecule has 0 bridgehead atoms. The summed E-state index contributed by atoms with van der Waals surface area (Å²) in [6.07, 6.45) is 3.21. The van der Waals surface area contributed by atoms with E-state index in [2.05, 4.69) is 21.9 Å². The normalized spacial score (nSPS) is 20.8. The van der Waals surface area contributed by atoms with Crippen LogP contribution in [0.25, 0.3) is 11.0 Å². The number of aromatic nitrogens is 3. The molecule has 19 heavy (non-hydrogen) atoms. The summed E-state index contributed by atoms with van der Waals surface area (Å²) in [5.74, 6) is 0. The Balaban J connectivity index is 1.89. The molecule has 1 fully saturated rings. The second-order valence-electron chi connectivity index (χ2n) is 4.83. The number of morpholine rings is 1. The van der Waals surface area contributed by atoms with Gasteiger partial charge in [0.1, 0.15) is 0 Å². The summed E-state index contributed by atoms with van der Waals surface area (Å²) in [4.78, 5) is 22.8. The zero-order valence-corrected chi connectivity index (χ0v) is 10.8. The fourth-order valence-electron chi connectivity index (χ4n) is 2.31. The molecular weight excluding hydrogens is 244 g/mol. The summed E-state index contributed by atoms with van der Waals surface area (Å²) < 4.78 is 7.25. The predicted octanol–water partition coefficient (Wildman–Crippen LogP) is 0.122. The maximum Gasteiger partial charge on any atom is 0.279 e. The smallest absolute Gasteiger partial charge is 0.279 e. The number of rotatable bonds is 2. The fraction of sp³-hybridized carbons (Fsp3) is 0.462. The molecule has 0 aromatic carbocycles. The van der Waals surface area contributed by atoms with Crippen molar-refractivity contribution in [1.82, 2.24) is 19.4 Å². The van der Waals surface area contributed by atoms with Crippen LogP contribution in [0.15, 0.2) is 29.5 Å². The maximum atomic E-state index is 12.3. The van der Waals surface area contributed by atoms with E-state index in [0.717, 1.165) is 13.1 Å². The van der Waals surface area contributed by atoms with Crippen LogP contribution in [0.2, 0.25) is 0 Å². The van der Waals surface area contributed by atoms with Crippen molar-refractivity contribution in [3.63, 3.8) is 0 Å². The van der Waals surface area contributed by atoms with Crippen molar-refractivity contribution in [3.05, 3.63) is 35.0 Å². The molecule has 1 aliphatic heterocycles. The Morgan fingerprint density at radius 3 is 3.21 bits per heavy atom. The van der Waals surface area contributed by atoms with Gasteiger partial charge in [-0.1, -0.05) is 0 Å². The average molecular weight is 260 g/mol. The Labute approximate surface area is 110 Å². The Morgan fingerprint density at radius 1 is 1.47 bits per heavy atom. The first kappa shape index (κ1) is 12.3. The minimum atomic E-state index is -0.109. The van der Waals surface area contributed by atoms with Gasteiger partial charge >= 0.3 is 0 Å². The lowest BCUT2D eigenvalue weighted by Crippen LogP contribution is -2.43. The number of hydrogen-bond donors (Lipinski definition) is 0. The van der Waals surface area contributed by atoms with E-state index >= 15 is 0 Å². The highest BCUT2D eigenvalue weighted by atomic mass is 16.5. The molecule has 6 heteroatoms. The van der Waals surface area contributed by atoms with E-state index in [1.807, 2.05) is 0 Å². The van der Waals surface area contributed by atoms with Crippen LogP contribution >= 0.6 is 0 Å². The highest BCUT2D eigenvalue weighted by Gasteiger charge is 2.19. The second-order valence-corrected chi connectivity index (χ2v) is 4.83. The quantitative estimate of drug-likeness (QED) is 0.767. The minimum Gasteiger partial charge on any atom is -0.374 e. The highest BCUT2D eigenvalue weighted by Crippen LogP contribution is 2.06. The van der Waals surface area contributed by atoms with E-state index in [0.29, 0.717) is 24.2 Å². The van der Waals surface area contributed by atoms with Gasteiger partial charge in [-0.15, -0.1) is 0 Å². The lowest BCUT2D eigenvalue weighted by molar-refractivity contribution is -0.0279. The molecule has 3 rings (SSSR count). The van der Waals surface area contributed by atoms with Crippen LogP contribution in [0.1, 0.15) is 0 Å². The number of ether oxygens (including phenoxy) is 1. The van der Waals surface area contributed by atoms with E-state index in [1.165, 1.54) is 0 Å². The van der Waals surface area contributed by atoms with Crippen molar-refractivity contribution in [2.24, 2.45) is 0 Å². The Hall–Kier alpha value is -1.79. The Morgan fingerprint density at radius 2 is 2.37 bits per heavy atom. The largest absolute Gasteiger partial charge is 0.374 e. The molecule has 1 saturated heterocycles. The summed E-state index contributed by atoms with van der Waals surface area (Å²) in [6, 6.07) is 3.57. The van der Waals surface area contributed by atoms with Crippen molar-refractivity contribution in [1.29, 1.82) is 0 Å². The third kappa shape index (κ3) is 2.50. The highest BCUT2D eigenvalue weighted by molar-refractivity contribution is 5.71. The molecular formula is C13H16N4O2. The molecule has 0 spiro atoms. The van der Waals surface area contributed by atoms with Gasteiger partial charge in [-0.05, 0) is 19.2 Å². The molecule has 0 saturated carbocycles. The van der Waals surface area contributed by atoms with E-state index in [4.69, 9.17) is 4.74 Å². The summed E-state index contributed by atoms with van der Waals surface area (Å²) >= 11 is 0. The molecule has 2 aromatic rings. The number of likely N-dealkylation sites (N-methyl/N-ethyl adjacent to an activating group) is 1. The minimum absolute atomic E-state index is 0.0272. The van der Waals surface area contributed by atoms with Crippen LogP contribution in [-0.2, 0) is 11.3 Å². The van der Waals surface area contributed by atoms with Crippen molar-refractivity contribution in [2.45, 2.75) is 12.6 Å². The lowest BCUT2D eigenvalue weighted by Gasteiger charge is -2.30. The van der Waals surface area contributed by atoms with Crippen LogP contribution in [0.3, 0.4) is 0 Å². The number of fused-ring (bicyclic) bond motifs is 1. The molecule has 0 N–H and O–H groups in total. The Bertz CT molecular complexity index is 640. The number of nitrogens with zero attached hydrogens (tertiary/aromatic N) is 4. The molecule has 0 amide bonds. The summed E-state index contributed by atoms with van der Waals surface area (Å²) in [6.45, 7) is 2.98.